The van der Waals surface area contributed by atoms with Gasteiger partial charge in [0.25, 0.3) is 5.91 Å². The molecule has 8 heteroatoms. The van der Waals surface area contributed by atoms with E-state index in [1.165, 1.54) is 0 Å². The molecule has 0 radical (unpaired) electrons. The Hall–Kier alpha value is -2.44. The molecule has 0 spiro atoms. The summed E-state index contributed by atoms with van der Waals surface area (Å²) in [5.41, 5.74) is 1.79. The maximum atomic E-state index is 12.3. The maximum absolute atomic E-state index is 12.3. The van der Waals surface area contributed by atoms with E-state index in [9.17, 15) is 4.79 Å². The minimum Gasteiger partial charge on any atom is -0.322 e. The van der Waals surface area contributed by atoms with Crippen molar-refractivity contribution in [1.82, 2.24) is 20.2 Å². The first-order chi connectivity index (χ1) is 11.0. The van der Waals surface area contributed by atoms with E-state index in [0.717, 1.165) is 5.56 Å². The molecule has 1 amide bonds. The van der Waals surface area contributed by atoms with Crippen LogP contribution in [0.4, 0.5) is 5.69 Å². The molecule has 1 aromatic heterocycles. The Balaban J connectivity index is 1.86. The molecule has 0 saturated carbocycles. The lowest BCUT2D eigenvalue weighted by atomic mass is 10.1. The molecule has 0 unspecified atom stereocenters. The molecule has 0 aliphatic heterocycles. The van der Waals surface area contributed by atoms with Crippen molar-refractivity contribution in [1.29, 1.82) is 0 Å². The van der Waals surface area contributed by atoms with E-state index in [1.54, 1.807) is 42.1 Å². The van der Waals surface area contributed by atoms with Gasteiger partial charge >= 0.3 is 0 Å². The van der Waals surface area contributed by atoms with Crippen LogP contribution in [0.3, 0.4) is 0 Å². The molecule has 2 aromatic carbocycles. The van der Waals surface area contributed by atoms with Gasteiger partial charge in [0.15, 0.2) is 5.82 Å². The van der Waals surface area contributed by atoms with Crippen LogP contribution in [-0.2, 0) is 7.05 Å². The van der Waals surface area contributed by atoms with Crippen LogP contribution < -0.4 is 5.32 Å². The lowest BCUT2D eigenvalue weighted by molar-refractivity contribution is 0.102. The first kappa shape index (κ1) is 15.5. The second-order valence-corrected chi connectivity index (χ2v) is 5.69. The van der Waals surface area contributed by atoms with Crippen LogP contribution in [0.15, 0.2) is 42.5 Å². The highest BCUT2D eigenvalue weighted by Crippen LogP contribution is 2.22. The molecule has 0 saturated heterocycles. The van der Waals surface area contributed by atoms with E-state index in [4.69, 9.17) is 23.2 Å². The Bertz CT molecular complexity index is 858. The van der Waals surface area contributed by atoms with Gasteiger partial charge in [0.2, 0.25) is 0 Å². The van der Waals surface area contributed by atoms with Crippen molar-refractivity contribution < 1.29 is 4.79 Å². The van der Waals surface area contributed by atoms with Gasteiger partial charge in [-0.15, -0.1) is 5.10 Å². The lowest BCUT2D eigenvalue weighted by Crippen LogP contribution is -2.12. The summed E-state index contributed by atoms with van der Waals surface area (Å²) in [5, 5.41) is 14.9. The van der Waals surface area contributed by atoms with Gasteiger partial charge in [-0.2, -0.15) is 0 Å². The van der Waals surface area contributed by atoms with E-state index in [2.05, 4.69) is 20.8 Å². The molecule has 0 aliphatic rings. The number of anilines is 1. The third kappa shape index (κ3) is 3.49. The van der Waals surface area contributed by atoms with Crippen molar-refractivity contribution in [3.63, 3.8) is 0 Å². The number of nitrogens with zero attached hydrogens (tertiary/aromatic N) is 4. The van der Waals surface area contributed by atoms with Crippen LogP contribution in [0.2, 0.25) is 10.0 Å². The van der Waals surface area contributed by atoms with E-state index in [-0.39, 0.29) is 5.91 Å². The zero-order valence-corrected chi connectivity index (χ0v) is 13.5. The predicted molar refractivity (Wildman–Crippen MR) is 88.6 cm³/mol. The lowest BCUT2D eigenvalue weighted by Gasteiger charge is -2.08. The number of nitrogens with one attached hydrogen (secondary N) is 1. The first-order valence-corrected chi connectivity index (χ1v) is 7.39. The van der Waals surface area contributed by atoms with Crippen LogP contribution in [0.25, 0.3) is 11.4 Å². The highest BCUT2D eigenvalue weighted by molar-refractivity contribution is 6.35. The standard InChI is InChI=1S/C15H11Cl2N5O/c1-22-14(19-20-21-22)9-3-2-4-13(7-9)18-15(23)10-5-11(16)8-12(17)6-10/h2-8H,1H3,(H,18,23). The molecule has 116 valence electrons. The summed E-state index contributed by atoms with van der Waals surface area (Å²) in [6.45, 7) is 0. The number of amides is 1. The third-order valence-corrected chi connectivity index (χ3v) is 3.56. The van der Waals surface area contributed by atoms with Crippen molar-refractivity contribution in [3.8, 4) is 11.4 Å². The maximum Gasteiger partial charge on any atom is 0.255 e. The van der Waals surface area contributed by atoms with Crippen LogP contribution in [0.5, 0.6) is 0 Å². The second kappa shape index (κ2) is 6.36. The Morgan fingerprint density at radius 1 is 1.13 bits per heavy atom. The summed E-state index contributed by atoms with van der Waals surface area (Å²) in [7, 11) is 1.74. The van der Waals surface area contributed by atoms with Gasteiger partial charge in [-0.1, -0.05) is 35.3 Å². The smallest absolute Gasteiger partial charge is 0.255 e. The highest BCUT2D eigenvalue weighted by Gasteiger charge is 2.10. The van der Waals surface area contributed by atoms with Gasteiger partial charge in [0.1, 0.15) is 0 Å². The number of hydrogen-bond acceptors (Lipinski definition) is 4. The molecular formula is C15H11Cl2N5O. The van der Waals surface area contributed by atoms with Crippen molar-refractivity contribution in [2.45, 2.75) is 0 Å². The topological polar surface area (TPSA) is 72.7 Å². The number of tetrazole rings is 1. The van der Waals surface area contributed by atoms with Gasteiger partial charge in [-0.25, -0.2) is 4.68 Å². The normalized spacial score (nSPS) is 10.6. The fourth-order valence-corrected chi connectivity index (χ4v) is 2.62. The summed E-state index contributed by atoms with van der Waals surface area (Å²) in [5.74, 6) is 0.300. The summed E-state index contributed by atoms with van der Waals surface area (Å²) in [6, 6.07) is 11.9. The van der Waals surface area contributed by atoms with Crippen LogP contribution in [0.1, 0.15) is 10.4 Å². The van der Waals surface area contributed by atoms with Crippen LogP contribution in [0, 0.1) is 0 Å². The number of benzene rings is 2. The summed E-state index contributed by atoms with van der Waals surface area (Å²) < 4.78 is 1.55. The van der Waals surface area contributed by atoms with Gasteiger partial charge < -0.3 is 5.32 Å². The SMILES string of the molecule is Cn1nnnc1-c1cccc(NC(=O)c2cc(Cl)cc(Cl)c2)c1. The first-order valence-electron chi connectivity index (χ1n) is 6.63. The van der Waals surface area contributed by atoms with Crippen LogP contribution in [-0.4, -0.2) is 26.1 Å². The van der Waals surface area contributed by atoms with E-state index in [0.29, 0.717) is 27.1 Å². The van der Waals surface area contributed by atoms with Crippen molar-refractivity contribution in [3.05, 3.63) is 58.1 Å². The molecule has 0 atom stereocenters. The zero-order chi connectivity index (χ0) is 16.4. The Labute approximate surface area is 142 Å². The highest BCUT2D eigenvalue weighted by atomic mass is 35.5. The molecule has 0 bridgehead atoms. The summed E-state index contributed by atoms with van der Waals surface area (Å²) in [6.07, 6.45) is 0. The Morgan fingerprint density at radius 3 is 2.52 bits per heavy atom. The number of carbonyl (C=O) groups excluding carboxylic acids is 1. The van der Waals surface area contributed by atoms with Gasteiger partial charge in [0, 0.05) is 33.9 Å². The average molecular weight is 348 g/mol. The number of rotatable bonds is 3. The predicted octanol–water partition coefficient (Wildman–Crippen LogP) is 3.44. The molecule has 3 rings (SSSR count). The summed E-state index contributed by atoms with van der Waals surface area (Å²) >= 11 is 11.8. The molecule has 23 heavy (non-hydrogen) atoms. The Kier molecular flexibility index (Phi) is 4.27. The number of aromatic nitrogens is 4. The molecule has 0 aliphatic carbocycles. The fraction of sp³-hybridized carbons (Fsp3) is 0.0667. The second-order valence-electron chi connectivity index (χ2n) is 4.82. The van der Waals surface area contributed by atoms with E-state index >= 15 is 0 Å². The average Bonchev–Trinajstić information content (AvgIpc) is 2.92. The molecule has 6 nitrogen and oxygen atoms in total. The minimum absolute atomic E-state index is 0.303. The largest absolute Gasteiger partial charge is 0.322 e. The quantitative estimate of drug-likeness (QED) is 0.787. The Morgan fingerprint density at radius 2 is 1.87 bits per heavy atom. The van der Waals surface area contributed by atoms with Gasteiger partial charge in [0.05, 0.1) is 0 Å². The van der Waals surface area contributed by atoms with Crippen molar-refractivity contribution in [2.24, 2.45) is 7.05 Å². The molecular weight excluding hydrogens is 337 g/mol. The fourth-order valence-electron chi connectivity index (χ4n) is 2.10. The van der Waals surface area contributed by atoms with Crippen molar-refractivity contribution in [2.75, 3.05) is 5.32 Å². The van der Waals surface area contributed by atoms with E-state index in [1.807, 2.05) is 12.1 Å². The molecule has 1 heterocycles. The van der Waals surface area contributed by atoms with Crippen LogP contribution >= 0.6 is 23.2 Å². The van der Waals surface area contributed by atoms with Gasteiger partial charge in [-0.3, -0.25) is 4.79 Å². The van der Waals surface area contributed by atoms with Crippen molar-refractivity contribution >= 4 is 34.8 Å². The third-order valence-electron chi connectivity index (χ3n) is 3.12. The summed E-state index contributed by atoms with van der Waals surface area (Å²) in [4.78, 5) is 12.3. The number of hydrogen-bond donors (Lipinski definition) is 1. The molecule has 1 N–H and O–H groups in total. The number of halogens is 2. The molecule has 3 aromatic rings. The monoisotopic (exact) mass is 347 g/mol. The number of carbonyl (C=O) groups is 1. The molecule has 0 fully saturated rings. The minimum atomic E-state index is -0.303. The zero-order valence-electron chi connectivity index (χ0n) is 12.0. The van der Waals surface area contributed by atoms with E-state index < -0.39 is 0 Å². The number of aryl methyl sites for hydroxylation is 1. The van der Waals surface area contributed by atoms with Gasteiger partial charge in [-0.05, 0) is 40.8 Å².